The summed E-state index contributed by atoms with van der Waals surface area (Å²) >= 11 is 1.48. The van der Waals surface area contributed by atoms with E-state index in [1.54, 1.807) is 0 Å². The number of rotatable bonds is 8. The van der Waals surface area contributed by atoms with Crippen LogP contribution in [-0.4, -0.2) is 47.9 Å². The molecule has 2 aromatic carbocycles. The molecule has 2 heterocycles. The van der Waals surface area contributed by atoms with Gasteiger partial charge in [-0.3, -0.25) is 0 Å². The van der Waals surface area contributed by atoms with Crippen molar-refractivity contribution >= 4 is 52.2 Å². The van der Waals surface area contributed by atoms with Gasteiger partial charge in [0.1, 0.15) is 0 Å². The molecule has 0 aliphatic carbocycles. The van der Waals surface area contributed by atoms with Crippen molar-refractivity contribution in [2.45, 2.75) is 60.7 Å². The Kier molecular flexibility index (Phi) is 7.73. The lowest BCUT2D eigenvalue weighted by atomic mass is 9.96. The summed E-state index contributed by atoms with van der Waals surface area (Å²) in [7, 11) is 0. The Morgan fingerprint density at radius 3 is 0.977 bits per heavy atom. The highest BCUT2D eigenvalue weighted by atomic mass is 32.1. The molecule has 0 radical (unpaired) electrons. The summed E-state index contributed by atoms with van der Waals surface area (Å²) in [5, 5.41) is 0.350. The van der Waals surface area contributed by atoms with Crippen molar-refractivity contribution < 1.29 is 79.0 Å². The molecule has 20 heteroatoms. The molecule has 0 fully saturated rings. The van der Waals surface area contributed by atoms with Crippen LogP contribution in [0.15, 0.2) is 36.4 Å². The number of hydrogen-bond acceptors (Lipinski definition) is 2. The molecule has 0 saturated carbocycles. The molecule has 0 spiro atoms. The first-order valence-corrected chi connectivity index (χ1v) is 13.0. The van der Waals surface area contributed by atoms with Crippen LogP contribution < -0.4 is 0 Å². The van der Waals surface area contributed by atoms with Gasteiger partial charge in [-0.15, -0.1) is 22.7 Å². The van der Waals surface area contributed by atoms with E-state index >= 15 is 0 Å². The third kappa shape index (κ3) is 5.02. The van der Waals surface area contributed by atoms with Crippen molar-refractivity contribution in [3.8, 4) is 0 Å². The van der Waals surface area contributed by atoms with Crippen LogP contribution >= 0.6 is 22.7 Å². The van der Waals surface area contributed by atoms with Gasteiger partial charge in [0, 0.05) is 33.0 Å². The number of alkyl halides is 18. The fraction of sp³-hybridized carbons (Fsp3) is 0.417. The Morgan fingerprint density at radius 1 is 0.409 bits per heavy atom. The molecular weight excluding hydrogens is 694 g/mol. The van der Waals surface area contributed by atoms with E-state index in [1.165, 1.54) is 0 Å². The molecule has 0 unspecified atom stereocenters. The van der Waals surface area contributed by atoms with Gasteiger partial charge in [-0.2, -0.15) is 79.0 Å². The zero-order valence-corrected chi connectivity index (χ0v) is 22.1. The Morgan fingerprint density at radius 2 is 0.705 bits per heavy atom. The number of hydrogen-bond donors (Lipinski definition) is 0. The largest absolute Gasteiger partial charge is 0.460 e. The first-order valence-electron chi connectivity index (χ1n) is 11.4. The fourth-order valence-electron chi connectivity index (χ4n) is 4.11. The Bertz CT molecular complexity index is 1580. The minimum atomic E-state index is -7.07. The highest BCUT2D eigenvalue weighted by Crippen LogP contribution is 2.56. The van der Waals surface area contributed by atoms with Crippen LogP contribution in [0.3, 0.4) is 0 Å². The normalized spacial score (nSPS) is 15.2. The average molecular weight is 704 g/mol. The Balaban J connectivity index is 1.66. The monoisotopic (exact) mass is 704 g/mol. The van der Waals surface area contributed by atoms with E-state index in [1.807, 2.05) is 0 Å². The summed E-state index contributed by atoms with van der Waals surface area (Å²) < 4.78 is 239. The smallest absolute Gasteiger partial charge is 0.199 e. The van der Waals surface area contributed by atoms with E-state index in [-0.39, 0.29) is 29.6 Å². The standard InChI is InChI=1S/C24H10F18S2/c25-17(26,19(29,30)21(33,34)23(37,38)39)7-9-1-3-11-13(5-9)43-16-12-4-2-10(6-14(12)44-15(11)16)8-18(27,28)20(31,32)22(35,36)24(40,41)42/h1-6H,7-8H2. The molecule has 0 aliphatic heterocycles. The molecule has 0 bridgehead atoms. The van der Waals surface area contributed by atoms with Crippen molar-refractivity contribution in [3.63, 3.8) is 0 Å². The second-order valence-electron chi connectivity index (χ2n) is 9.58. The number of fused-ring (bicyclic) bond motifs is 5. The molecule has 244 valence electrons. The summed E-state index contributed by atoms with van der Waals surface area (Å²) in [5.74, 6) is -39.6. The number of thiophene rings is 2. The maximum absolute atomic E-state index is 14.1. The minimum Gasteiger partial charge on any atom is -0.199 e. The molecular formula is C24H10F18S2. The second kappa shape index (κ2) is 9.93. The highest BCUT2D eigenvalue weighted by molar-refractivity contribution is 7.36. The van der Waals surface area contributed by atoms with Gasteiger partial charge < -0.3 is 0 Å². The van der Waals surface area contributed by atoms with Gasteiger partial charge in [0.2, 0.25) is 0 Å². The topological polar surface area (TPSA) is 0 Å². The summed E-state index contributed by atoms with van der Waals surface area (Å²) in [6.45, 7) is 0. The van der Waals surface area contributed by atoms with Gasteiger partial charge in [0.05, 0.1) is 9.40 Å². The molecule has 0 aliphatic rings. The molecule has 44 heavy (non-hydrogen) atoms. The summed E-state index contributed by atoms with van der Waals surface area (Å²) in [6, 6.07) is 5.11. The van der Waals surface area contributed by atoms with Crippen molar-refractivity contribution in [2.24, 2.45) is 0 Å². The van der Waals surface area contributed by atoms with E-state index in [9.17, 15) is 79.0 Å². The van der Waals surface area contributed by atoms with Gasteiger partial charge in [-0.05, 0) is 23.3 Å². The Hall–Kier alpha value is -2.64. The fourth-order valence-corrected chi connectivity index (χ4v) is 6.90. The van der Waals surface area contributed by atoms with Crippen molar-refractivity contribution in [3.05, 3.63) is 47.5 Å². The van der Waals surface area contributed by atoms with Gasteiger partial charge in [0.15, 0.2) is 0 Å². The van der Waals surface area contributed by atoms with Crippen LogP contribution in [0.5, 0.6) is 0 Å². The maximum atomic E-state index is 14.1. The lowest BCUT2D eigenvalue weighted by Crippen LogP contribution is -2.61. The quantitative estimate of drug-likeness (QED) is 0.160. The van der Waals surface area contributed by atoms with E-state index in [4.69, 9.17) is 0 Å². The second-order valence-corrected chi connectivity index (χ2v) is 11.7. The molecule has 0 amide bonds. The molecule has 0 saturated heterocycles. The van der Waals surface area contributed by atoms with Crippen molar-refractivity contribution in [1.29, 1.82) is 0 Å². The van der Waals surface area contributed by atoms with Crippen molar-refractivity contribution in [1.82, 2.24) is 0 Å². The number of benzene rings is 2. The minimum absolute atomic E-state index is 0.0389. The molecule has 0 nitrogen and oxygen atoms in total. The van der Waals surface area contributed by atoms with E-state index < -0.39 is 71.9 Å². The van der Waals surface area contributed by atoms with Crippen LogP contribution in [0.2, 0.25) is 0 Å². The van der Waals surface area contributed by atoms with Gasteiger partial charge in [-0.25, -0.2) is 0 Å². The molecule has 2 aromatic heterocycles. The van der Waals surface area contributed by atoms with Crippen molar-refractivity contribution in [2.75, 3.05) is 0 Å². The summed E-state index contributed by atoms with van der Waals surface area (Å²) in [4.78, 5) is 0. The predicted octanol–water partition coefficient (Wildman–Crippen LogP) is 11.3. The predicted molar refractivity (Wildman–Crippen MR) is 124 cm³/mol. The molecule has 4 aromatic rings. The molecule has 0 atom stereocenters. The average Bonchev–Trinajstić information content (AvgIpc) is 3.36. The first kappa shape index (κ1) is 34.2. The molecule has 4 rings (SSSR count). The number of halogens is 18. The van der Waals surface area contributed by atoms with Crippen LogP contribution in [0.25, 0.3) is 29.6 Å². The van der Waals surface area contributed by atoms with Gasteiger partial charge >= 0.3 is 47.9 Å². The lowest BCUT2D eigenvalue weighted by Gasteiger charge is -2.33. The van der Waals surface area contributed by atoms with Gasteiger partial charge in [0.25, 0.3) is 0 Å². The summed E-state index contributed by atoms with van der Waals surface area (Å²) in [5.41, 5.74) is -1.53. The van der Waals surface area contributed by atoms with E-state index in [0.717, 1.165) is 59.1 Å². The van der Waals surface area contributed by atoms with E-state index in [2.05, 4.69) is 0 Å². The zero-order valence-electron chi connectivity index (χ0n) is 20.5. The van der Waals surface area contributed by atoms with Crippen LogP contribution in [0.1, 0.15) is 11.1 Å². The van der Waals surface area contributed by atoms with Crippen LogP contribution in [-0.2, 0) is 12.8 Å². The van der Waals surface area contributed by atoms with E-state index in [0.29, 0.717) is 0 Å². The SMILES string of the molecule is FC(F)(F)C(F)(F)C(F)(F)C(F)(F)Cc1ccc2c(c1)sc1c3ccc(CC(F)(F)C(F)(F)C(F)(F)C(F)(F)F)cc3sc21. The maximum Gasteiger partial charge on any atom is 0.460 e. The molecule has 0 N–H and O–H groups in total. The van der Waals surface area contributed by atoms with Crippen LogP contribution in [0.4, 0.5) is 79.0 Å². The zero-order chi connectivity index (χ0) is 33.7. The first-order chi connectivity index (χ1) is 19.6. The lowest BCUT2D eigenvalue weighted by molar-refractivity contribution is -0.395. The summed E-state index contributed by atoms with van der Waals surface area (Å²) in [6.07, 6.45) is -18.4. The highest BCUT2D eigenvalue weighted by Gasteiger charge is 2.82. The Labute approximate surface area is 239 Å². The third-order valence-corrected chi connectivity index (χ3v) is 8.98. The van der Waals surface area contributed by atoms with Crippen LogP contribution in [0, 0.1) is 0 Å². The van der Waals surface area contributed by atoms with Gasteiger partial charge in [-0.1, -0.05) is 24.3 Å². The third-order valence-electron chi connectivity index (χ3n) is 6.48.